The first-order valence-corrected chi connectivity index (χ1v) is 17.8. The standard InChI is InChI=1S/C43H26N4S2/c1-3-13-27(14-4-1)41-44-42(28-15-5-2-6-16-28)46-43(45-41)29-23-25-30(26-24-29)47-34-20-10-9-19-33(34)37-31-17-7-8-18-32(31)39-40(38(37)47)49-36-22-12-11-21-35(36)48-39/h1-26H. The van der Waals surface area contributed by atoms with Gasteiger partial charge in [0, 0.05) is 47.8 Å². The number of rotatable bonds is 4. The fourth-order valence-electron chi connectivity index (χ4n) is 6.86. The third kappa shape index (κ3) is 4.67. The monoisotopic (exact) mass is 662 g/mol. The zero-order chi connectivity index (χ0) is 32.3. The summed E-state index contributed by atoms with van der Waals surface area (Å²) >= 11 is 3.76. The lowest BCUT2D eigenvalue weighted by Gasteiger charge is -2.22. The first-order valence-electron chi connectivity index (χ1n) is 16.2. The van der Waals surface area contributed by atoms with E-state index in [0.717, 1.165) is 22.4 Å². The molecule has 0 spiro atoms. The average molecular weight is 663 g/mol. The highest BCUT2D eigenvalue weighted by atomic mass is 32.2. The van der Waals surface area contributed by atoms with Crippen LogP contribution in [0.3, 0.4) is 0 Å². The molecule has 9 aromatic rings. The molecule has 0 atom stereocenters. The van der Waals surface area contributed by atoms with E-state index in [1.807, 2.05) is 84.2 Å². The molecule has 1 aliphatic heterocycles. The fraction of sp³-hybridized carbons (Fsp3) is 0. The second-order valence-corrected chi connectivity index (χ2v) is 14.1. The molecule has 0 radical (unpaired) electrons. The lowest BCUT2D eigenvalue weighted by Crippen LogP contribution is -2.01. The van der Waals surface area contributed by atoms with Gasteiger partial charge in [0.2, 0.25) is 0 Å². The zero-order valence-electron chi connectivity index (χ0n) is 26.1. The van der Waals surface area contributed by atoms with E-state index in [0.29, 0.717) is 17.5 Å². The first kappa shape index (κ1) is 28.3. The molecule has 2 aromatic heterocycles. The molecule has 0 unspecified atom stereocenters. The molecule has 0 bridgehead atoms. The van der Waals surface area contributed by atoms with Crippen LogP contribution in [0.2, 0.25) is 0 Å². The van der Waals surface area contributed by atoms with Crippen LogP contribution in [0, 0.1) is 0 Å². The van der Waals surface area contributed by atoms with Gasteiger partial charge in [0.15, 0.2) is 17.5 Å². The van der Waals surface area contributed by atoms with Crippen molar-refractivity contribution in [1.82, 2.24) is 19.5 Å². The van der Waals surface area contributed by atoms with Gasteiger partial charge in [-0.15, -0.1) is 0 Å². The second kappa shape index (κ2) is 11.5. The van der Waals surface area contributed by atoms with Gasteiger partial charge in [-0.1, -0.05) is 139 Å². The maximum Gasteiger partial charge on any atom is 0.164 e. The topological polar surface area (TPSA) is 43.6 Å². The van der Waals surface area contributed by atoms with E-state index in [1.165, 1.54) is 52.2 Å². The van der Waals surface area contributed by atoms with Gasteiger partial charge in [0.25, 0.3) is 0 Å². The third-order valence-electron chi connectivity index (χ3n) is 9.09. The Balaban J connectivity index is 1.18. The third-order valence-corrected chi connectivity index (χ3v) is 11.7. The van der Waals surface area contributed by atoms with E-state index in [-0.39, 0.29) is 0 Å². The molecule has 0 fully saturated rings. The Bertz CT molecular complexity index is 2650. The van der Waals surface area contributed by atoms with E-state index < -0.39 is 0 Å². The van der Waals surface area contributed by atoms with E-state index in [9.17, 15) is 0 Å². The van der Waals surface area contributed by atoms with Crippen molar-refractivity contribution in [3.63, 3.8) is 0 Å². The molecular formula is C43H26N4S2. The number of benzene rings is 7. The van der Waals surface area contributed by atoms with E-state index in [4.69, 9.17) is 15.0 Å². The minimum atomic E-state index is 0.647. The van der Waals surface area contributed by atoms with E-state index >= 15 is 0 Å². The Labute approximate surface area is 291 Å². The summed E-state index contributed by atoms with van der Waals surface area (Å²) in [6, 6.07) is 55.3. The Morgan fingerprint density at radius 3 is 1.47 bits per heavy atom. The molecule has 0 amide bonds. The van der Waals surface area contributed by atoms with Crippen LogP contribution in [0.1, 0.15) is 0 Å². The molecule has 0 aliphatic carbocycles. The zero-order valence-corrected chi connectivity index (χ0v) is 27.7. The van der Waals surface area contributed by atoms with Crippen LogP contribution >= 0.6 is 23.5 Å². The first-order chi connectivity index (χ1) is 24.3. The highest BCUT2D eigenvalue weighted by Gasteiger charge is 2.27. The van der Waals surface area contributed by atoms with Crippen molar-refractivity contribution >= 4 is 56.1 Å². The largest absolute Gasteiger partial charge is 0.308 e. The molecule has 0 saturated heterocycles. The summed E-state index contributed by atoms with van der Waals surface area (Å²) < 4.78 is 2.44. The van der Waals surface area contributed by atoms with Gasteiger partial charge >= 0.3 is 0 Å². The van der Waals surface area contributed by atoms with Gasteiger partial charge in [-0.25, -0.2) is 15.0 Å². The van der Waals surface area contributed by atoms with Crippen molar-refractivity contribution in [3.05, 3.63) is 158 Å². The summed E-state index contributed by atoms with van der Waals surface area (Å²) in [4.78, 5) is 20.0. The van der Waals surface area contributed by atoms with Crippen LogP contribution in [0.5, 0.6) is 0 Å². The predicted octanol–water partition coefficient (Wildman–Crippen LogP) is 11.7. The summed E-state index contributed by atoms with van der Waals surface area (Å²) in [7, 11) is 0. The normalized spacial score (nSPS) is 12.3. The molecule has 6 heteroatoms. The summed E-state index contributed by atoms with van der Waals surface area (Å²) in [6.07, 6.45) is 0. The molecule has 3 heterocycles. The smallest absolute Gasteiger partial charge is 0.164 e. The molecule has 1 aliphatic rings. The number of nitrogens with zero attached hydrogens (tertiary/aromatic N) is 4. The molecular weight excluding hydrogens is 637 g/mol. The van der Waals surface area contributed by atoms with Gasteiger partial charge in [-0.2, -0.15) is 0 Å². The number of aromatic nitrogens is 4. The number of fused-ring (bicyclic) bond motifs is 9. The van der Waals surface area contributed by atoms with Crippen molar-refractivity contribution in [1.29, 1.82) is 0 Å². The van der Waals surface area contributed by atoms with Gasteiger partial charge in [-0.3, -0.25) is 0 Å². The Kier molecular flexibility index (Phi) is 6.64. The van der Waals surface area contributed by atoms with Crippen molar-refractivity contribution in [2.24, 2.45) is 0 Å². The lowest BCUT2D eigenvalue weighted by atomic mass is 10.0. The van der Waals surface area contributed by atoms with Gasteiger partial charge in [-0.05, 0) is 53.2 Å². The predicted molar refractivity (Wildman–Crippen MR) is 203 cm³/mol. The summed E-state index contributed by atoms with van der Waals surface area (Å²) in [6.45, 7) is 0. The van der Waals surface area contributed by atoms with E-state index in [1.54, 1.807) is 0 Å². The van der Waals surface area contributed by atoms with Crippen LogP contribution in [-0.4, -0.2) is 19.5 Å². The molecule has 7 aromatic carbocycles. The SMILES string of the molecule is c1ccc(-c2nc(-c3ccccc3)nc(-c3ccc(-n4c5ccccc5c5c6ccccc6c6c(c54)Sc4ccccc4S6)cc3)n2)cc1. The quantitative estimate of drug-likeness (QED) is 0.188. The highest BCUT2D eigenvalue weighted by molar-refractivity contribution is 8.05. The van der Waals surface area contributed by atoms with Crippen molar-refractivity contribution in [2.75, 3.05) is 0 Å². The van der Waals surface area contributed by atoms with Crippen molar-refractivity contribution < 1.29 is 0 Å². The van der Waals surface area contributed by atoms with Crippen molar-refractivity contribution in [2.45, 2.75) is 19.6 Å². The number of hydrogen-bond donors (Lipinski definition) is 0. The summed E-state index contributed by atoms with van der Waals surface area (Å²) in [5.41, 5.74) is 6.38. The van der Waals surface area contributed by atoms with Crippen LogP contribution in [0.25, 0.3) is 72.4 Å². The Morgan fingerprint density at radius 2 is 0.857 bits per heavy atom. The summed E-state index contributed by atoms with van der Waals surface area (Å²) in [5.74, 6) is 1.96. The van der Waals surface area contributed by atoms with E-state index in [2.05, 4.69) is 102 Å². The minimum Gasteiger partial charge on any atom is -0.308 e. The molecule has 230 valence electrons. The van der Waals surface area contributed by atoms with Crippen LogP contribution in [0.15, 0.2) is 177 Å². The van der Waals surface area contributed by atoms with Gasteiger partial charge in [0.05, 0.1) is 15.9 Å². The van der Waals surface area contributed by atoms with Crippen LogP contribution < -0.4 is 0 Å². The highest BCUT2D eigenvalue weighted by Crippen LogP contribution is 2.55. The van der Waals surface area contributed by atoms with Crippen molar-refractivity contribution in [3.8, 4) is 39.9 Å². The van der Waals surface area contributed by atoms with Gasteiger partial charge in [0.1, 0.15) is 0 Å². The molecule has 0 saturated carbocycles. The van der Waals surface area contributed by atoms with Gasteiger partial charge < -0.3 is 4.57 Å². The average Bonchev–Trinajstić information content (AvgIpc) is 3.53. The minimum absolute atomic E-state index is 0.647. The maximum atomic E-state index is 4.97. The Morgan fingerprint density at radius 1 is 0.388 bits per heavy atom. The Hall–Kier alpha value is -5.69. The number of para-hydroxylation sites is 1. The lowest BCUT2D eigenvalue weighted by molar-refractivity contribution is 1.07. The maximum absolute atomic E-state index is 4.97. The number of hydrogen-bond acceptors (Lipinski definition) is 5. The van der Waals surface area contributed by atoms with Crippen LogP contribution in [0.4, 0.5) is 0 Å². The van der Waals surface area contributed by atoms with Crippen LogP contribution in [-0.2, 0) is 0 Å². The molecule has 0 N–H and O–H groups in total. The summed E-state index contributed by atoms with van der Waals surface area (Å²) in [5, 5.41) is 5.12. The fourth-order valence-corrected chi connectivity index (χ4v) is 9.40. The molecule has 10 rings (SSSR count). The second-order valence-electron chi connectivity index (χ2n) is 12.0. The molecule has 4 nitrogen and oxygen atoms in total. The molecule has 49 heavy (non-hydrogen) atoms.